The quantitative estimate of drug-likeness (QED) is 0.200. The van der Waals surface area contributed by atoms with E-state index in [9.17, 15) is 0 Å². The van der Waals surface area contributed by atoms with E-state index in [0.29, 0.717) is 0 Å². The summed E-state index contributed by atoms with van der Waals surface area (Å²) in [6.45, 7) is -0.0239. The summed E-state index contributed by atoms with van der Waals surface area (Å²) in [5, 5.41) is 0. The number of aromatic nitrogens is 2. The van der Waals surface area contributed by atoms with Gasteiger partial charge in [-0.25, -0.2) is 0 Å². The van der Waals surface area contributed by atoms with Crippen molar-refractivity contribution in [3.05, 3.63) is 152 Å². The van der Waals surface area contributed by atoms with Gasteiger partial charge in [0.2, 0.25) is 0 Å². The number of nitrogens with zero attached hydrogens (tertiary/aromatic N) is 2. The molecule has 0 N–H and O–H groups in total. The number of ether oxygens (including phenoxy) is 2. The largest absolute Gasteiger partial charge is 0.458 e. The topological polar surface area (TPSA) is 44.2 Å². The van der Waals surface area contributed by atoms with Crippen molar-refractivity contribution >= 4 is 23.1 Å². The Morgan fingerprint density at radius 1 is 0.400 bits per heavy atom. The molecular weight excluding hydrogens is 551 g/mol. The van der Waals surface area contributed by atoms with Gasteiger partial charge in [-0.1, -0.05) is 103 Å². The Hall–Kier alpha value is -5.94. The molecule has 0 atom stereocenters. The zero-order valence-electron chi connectivity index (χ0n) is 24.2. The third-order valence-electron chi connectivity index (χ3n) is 8.76. The number of benzene rings is 5. The monoisotopic (exact) mass is 576 g/mol. The van der Waals surface area contributed by atoms with Crippen molar-refractivity contribution < 1.29 is 9.47 Å². The van der Waals surface area contributed by atoms with Crippen LogP contribution in [0.25, 0.3) is 44.8 Å². The molecule has 5 aromatic carbocycles. The number of hydrogen-bond donors (Lipinski definition) is 0. The molecule has 0 aliphatic carbocycles. The lowest BCUT2D eigenvalue weighted by Gasteiger charge is -2.34. The summed E-state index contributed by atoms with van der Waals surface area (Å²) in [6, 6.07) is 48.1. The minimum atomic E-state index is -0.0239. The normalized spacial score (nSPS) is 12.3. The molecule has 2 aliphatic rings. The van der Waals surface area contributed by atoms with Gasteiger partial charge in [0, 0.05) is 40.1 Å². The van der Waals surface area contributed by atoms with E-state index in [0.717, 1.165) is 84.2 Å². The summed E-state index contributed by atoms with van der Waals surface area (Å²) < 4.78 is 13.4. The number of rotatable bonds is 4. The minimum absolute atomic E-state index is 0.0239. The average molecular weight is 576 g/mol. The molecule has 0 saturated heterocycles. The van der Waals surface area contributed by atoms with Gasteiger partial charge in [0.1, 0.15) is 23.0 Å². The minimum Gasteiger partial charge on any atom is -0.458 e. The summed E-state index contributed by atoms with van der Waals surface area (Å²) in [4.78, 5) is 9.02. The lowest BCUT2D eigenvalue weighted by molar-refractivity contribution is 0.466. The summed E-state index contributed by atoms with van der Waals surface area (Å²) in [5.74, 6) is 3.43. The van der Waals surface area contributed by atoms with Crippen LogP contribution in [-0.2, 0) is 0 Å². The number of hydrogen-bond acceptors (Lipinski definition) is 4. The zero-order chi connectivity index (χ0) is 29.7. The van der Waals surface area contributed by atoms with Gasteiger partial charge < -0.3 is 9.47 Å². The molecule has 0 radical (unpaired) electrons. The highest BCUT2D eigenvalue weighted by atomic mass is 16.5. The van der Waals surface area contributed by atoms with E-state index < -0.39 is 0 Å². The van der Waals surface area contributed by atoms with E-state index in [1.54, 1.807) is 0 Å². The van der Waals surface area contributed by atoms with Gasteiger partial charge in [-0.2, -0.15) is 0 Å². The Bertz CT molecular complexity index is 2050. The standard InChI is InChI=1S/C40H25BN2O2/c1-3-24-42-34(12-1)28-20-16-26(17-21-28)30-8-5-10-32-39(30)44-36-14-7-15-37-38(36)41(32)33-11-6-9-31(40(33)45-37)27-18-22-29(23-19-27)35-13-2-4-25-43-35/h1-25H. The van der Waals surface area contributed by atoms with Gasteiger partial charge in [0.15, 0.2) is 0 Å². The first-order valence-corrected chi connectivity index (χ1v) is 15.1. The van der Waals surface area contributed by atoms with Crippen LogP contribution < -0.4 is 25.9 Å². The van der Waals surface area contributed by atoms with E-state index in [1.165, 1.54) is 0 Å². The molecule has 4 heterocycles. The molecular formula is C40H25BN2O2. The van der Waals surface area contributed by atoms with E-state index in [-0.39, 0.29) is 6.71 Å². The summed E-state index contributed by atoms with van der Waals surface area (Å²) in [6.07, 6.45) is 3.65. The average Bonchev–Trinajstić information content (AvgIpc) is 3.12. The fourth-order valence-electron chi connectivity index (χ4n) is 6.64. The van der Waals surface area contributed by atoms with Crippen LogP contribution in [-0.4, -0.2) is 16.7 Å². The molecule has 0 spiro atoms. The Morgan fingerprint density at radius 3 is 1.29 bits per heavy atom. The number of pyridine rings is 2. The van der Waals surface area contributed by atoms with Crippen LogP contribution >= 0.6 is 0 Å². The molecule has 0 amide bonds. The van der Waals surface area contributed by atoms with E-state index in [2.05, 4.69) is 94.9 Å². The van der Waals surface area contributed by atoms with Crippen LogP contribution in [0.15, 0.2) is 152 Å². The second-order valence-electron chi connectivity index (χ2n) is 11.3. The fraction of sp³-hybridized carbons (Fsp3) is 0. The van der Waals surface area contributed by atoms with Crippen molar-refractivity contribution in [2.45, 2.75) is 0 Å². The maximum absolute atomic E-state index is 6.71. The van der Waals surface area contributed by atoms with Gasteiger partial charge in [-0.15, -0.1) is 0 Å². The van der Waals surface area contributed by atoms with Crippen LogP contribution in [0.3, 0.4) is 0 Å². The SMILES string of the molecule is c1ccc(-c2ccc(-c3cccc4c3Oc3cccc5c3B4c3cccc(-c4ccc(-c6ccccn6)cc4)c3O5)cc2)nc1. The Kier molecular flexibility index (Phi) is 5.88. The van der Waals surface area contributed by atoms with Crippen LogP contribution in [0.2, 0.25) is 0 Å². The molecule has 2 aliphatic heterocycles. The highest BCUT2D eigenvalue weighted by molar-refractivity contribution is 6.98. The summed E-state index contributed by atoms with van der Waals surface area (Å²) in [7, 11) is 0. The maximum Gasteiger partial charge on any atom is 0.260 e. The number of para-hydroxylation sites is 2. The maximum atomic E-state index is 6.71. The first-order valence-electron chi connectivity index (χ1n) is 15.1. The van der Waals surface area contributed by atoms with E-state index in [1.807, 2.05) is 67.0 Å². The highest BCUT2D eigenvalue weighted by Gasteiger charge is 2.41. The van der Waals surface area contributed by atoms with Crippen molar-refractivity contribution in [1.82, 2.24) is 9.97 Å². The van der Waals surface area contributed by atoms with Crippen molar-refractivity contribution in [1.29, 1.82) is 0 Å². The molecule has 7 aromatic rings. The van der Waals surface area contributed by atoms with Crippen molar-refractivity contribution in [3.63, 3.8) is 0 Å². The Labute approximate surface area is 261 Å². The van der Waals surface area contributed by atoms with E-state index >= 15 is 0 Å². The molecule has 210 valence electrons. The molecule has 4 nitrogen and oxygen atoms in total. The van der Waals surface area contributed by atoms with Gasteiger partial charge in [-0.05, 0) is 58.5 Å². The second-order valence-corrected chi connectivity index (χ2v) is 11.3. The van der Waals surface area contributed by atoms with Gasteiger partial charge in [0.05, 0.1) is 11.4 Å². The zero-order valence-corrected chi connectivity index (χ0v) is 24.2. The second kappa shape index (κ2) is 10.4. The molecule has 0 unspecified atom stereocenters. The predicted molar refractivity (Wildman–Crippen MR) is 181 cm³/mol. The summed E-state index contributed by atoms with van der Waals surface area (Å²) >= 11 is 0. The third-order valence-corrected chi connectivity index (χ3v) is 8.76. The molecule has 5 heteroatoms. The van der Waals surface area contributed by atoms with Gasteiger partial charge >= 0.3 is 0 Å². The van der Waals surface area contributed by atoms with Crippen LogP contribution in [0, 0.1) is 0 Å². The Morgan fingerprint density at radius 2 is 0.844 bits per heavy atom. The molecule has 45 heavy (non-hydrogen) atoms. The van der Waals surface area contributed by atoms with Crippen molar-refractivity contribution in [3.8, 4) is 67.8 Å². The molecule has 0 saturated carbocycles. The third kappa shape index (κ3) is 4.24. The van der Waals surface area contributed by atoms with Crippen molar-refractivity contribution in [2.75, 3.05) is 0 Å². The van der Waals surface area contributed by atoms with Crippen LogP contribution in [0.5, 0.6) is 23.0 Å². The number of fused-ring (bicyclic) bond motifs is 4. The van der Waals surface area contributed by atoms with Crippen LogP contribution in [0.4, 0.5) is 0 Å². The van der Waals surface area contributed by atoms with Gasteiger partial charge in [0.25, 0.3) is 6.71 Å². The molecule has 9 rings (SSSR count). The summed E-state index contributed by atoms with van der Waals surface area (Å²) in [5.41, 5.74) is 11.7. The predicted octanol–water partition coefficient (Wildman–Crippen LogP) is 7.87. The molecule has 0 fully saturated rings. The highest BCUT2D eigenvalue weighted by Crippen LogP contribution is 2.41. The van der Waals surface area contributed by atoms with Gasteiger partial charge in [-0.3, -0.25) is 9.97 Å². The van der Waals surface area contributed by atoms with Crippen molar-refractivity contribution in [2.24, 2.45) is 0 Å². The smallest absolute Gasteiger partial charge is 0.260 e. The Balaban J connectivity index is 1.15. The molecule has 0 bridgehead atoms. The van der Waals surface area contributed by atoms with E-state index in [4.69, 9.17) is 9.47 Å². The lowest BCUT2D eigenvalue weighted by atomic mass is 9.34. The first-order chi connectivity index (χ1) is 22.3. The first kappa shape index (κ1) is 25.6. The lowest BCUT2D eigenvalue weighted by Crippen LogP contribution is -2.57. The molecule has 2 aromatic heterocycles. The van der Waals surface area contributed by atoms with Crippen LogP contribution in [0.1, 0.15) is 0 Å². The fourth-order valence-corrected chi connectivity index (χ4v) is 6.64.